The number of hydrogen-bond acceptors (Lipinski definition) is 5. The third-order valence-corrected chi connectivity index (χ3v) is 3.44. The Labute approximate surface area is 150 Å². The number of carbonyl (C=O) groups excluding carboxylic acids is 4. The van der Waals surface area contributed by atoms with E-state index in [-0.39, 0.29) is 11.5 Å². The van der Waals surface area contributed by atoms with Gasteiger partial charge >= 0.3 is 12.0 Å². The van der Waals surface area contributed by atoms with Crippen molar-refractivity contribution in [2.24, 2.45) is 5.92 Å². The number of carbonyl (C=O) groups is 4. The number of benzene rings is 1. The van der Waals surface area contributed by atoms with Gasteiger partial charge in [-0.3, -0.25) is 14.9 Å². The highest BCUT2D eigenvalue weighted by Gasteiger charge is 2.29. The predicted molar refractivity (Wildman–Crippen MR) is 90.6 cm³/mol. The first-order chi connectivity index (χ1) is 12.1. The molecule has 0 bridgehead atoms. The first kappa shape index (κ1) is 21.1. The number of amides is 4. The third-order valence-electron chi connectivity index (χ3n) is 3.44. The molecule has 0 aliphatic heterocycles. The topological polar surface area (TPSA) is 114 Å². The number of rotatable bonds is 6. The second-order valence-electron chi connectivity index (χ2n) is 5.85. The van der Waals surface area contributed by atoms with Crippen molar-refractivity contribution in [2.45, 2.75) is 32.9 Å². The monoisotopic (exact) mass is 367 g/mol. The normalized spacial score (nSPS) is 12.7. The van der Waals surface area contributed by atoms with E-state index in [9.17, 15) is 23.6 Å². The molecule has 0 heterocycles. The summed E-state index contributed by atoms with van der Waals surface area (Å²) >= 11 is 0. The summed E-state index contributed by atoms with van der Waals surface area (Å²) in [5, 5.41) is 6.69. The maximum Gasteiger partial charge on any atom is 0.329 e. The predicted octanol–water partition coefficient (Wildman–Crippen LogP) is 0.967. The van der Waals surface area contributed by atoms with Gasteiger partial charge < -0.3 is 15.4 Å². The Morgan fingerprint density at radius 3 is 2.12 bits per heavy atom. The van der Waals surface area contributed by atoms with Crippen molar-refractivity contribution in [3.05, 3.63) is 35.6 Å². The molecule has 0 unspecified atom stereocenters. The number of nitrogens with one attached hydrogen (secondary N) is 3. The molecule has 0 aromatic heterocycles. The van der Waals surface area contributed by atoms with Gasteiger partial charge in [0, 0.05) is 12.6 Å². The largest absolute Gasteiger partial charge is 0.451 e. The van der Waals surface area contributed by atoms with E-state index in [0.717, 1.165) is 12.1 Å². The van der Waals surface area contributed by atoms with Crippen molar-refractivity contribution in [2.75, 3.05) is 7.05 Å². The van der Waals surface area contributed by atoms with Crippen LogP contribution in [0.4, 0.5) is 9.18 Å². The van der Waals surface area contributed by atoms with Crippen LogP contribution >= 0.6 is 0 Å². The minimum atomic E-state index is -1.23. The lowest BCUT2D eigenvalue weighted by Crippen LogP contribution is -2.49. The van der Waals surface area contributed by atoms with Crippen LogP contribution < -0.4 is 16.0 Å². The second-order valence-corrected chi connectivity index (χ2v) is 5.85. The van der Waals surface area contributed by atoms with Crippen LogP contribution in [0.25, 0.3) is 0 Å². The van der Waals surface area contributed by atoms with Crippen LogP contribution in [0.3, 0.4) is 0 Å². The smallest absolute Gasteiger partial charge is 0.329 e. The number of urea groups is 1. The van der Waals surface area contributed by atoms with E-state index in [1.165, 1.54) is 26.1 Å². The highest BCUT2D eigenvalue weighted by molar-refractivity contribution is 5.98. The third kappa shape index (κ3) is 6.15. The van der Waals surface area contributed by atoms with E-state index < -0.39 is 41.8 Å². The van der Waals surface area contributed by atoms with Crippen molar-refractivity contribution in [3.63, 3.8) is 0 Å². The van der Waals surface area contributed by atoms with E-state index >= 15 is 0 Å². The molecule has 0 fully saturated rings. The van der Waals surface area contributed by atoms with E-state index in [0.29, 0.717) is 0 Å². The highest BCUT2D eigenvalue weighted by atomic mass is 19.1. The summed E-state index contributed by atoms with van der Waals surface area (Å²) in [4.78, 5) is 47.4. The Hall–Kier alpha value is -2.97. The van der Waals surface area contributed by atoms with Gasteiger partial charge in [0.25, 0.3) is 11.8 Å². The van der Waals surface area contributed by atoms with E-state index in [1.54, 1.807) is 13.8 Å². The summed E-state index contributed by atoms with van der Waals surface area (Å²) in [6, 6.07) is 3.07. The van der Waals surface area contributed by atoms with Gasteiger partial charge in [0.1, 0.15) is 11.9 Å². The average Bonchev–Trinajstić information content (AvgIpc) is 2.59. The van der Waals surface area contributed by atoms with Gasteiger partial charge in [-0.1, -0.05) is 13.8 Å². The zero-order valence-corrected chi connectivity index (χ0v) is 15.0. The van der Waals surface area contributed by atoms with Gasteiger partial charge in [-0.05, 0) is 37.1 Å². The van der Waals surface area contributed by atoms with Crippen molar-refractivity contribution in [1.82, 2.24) is 16.0 Å². The zero-order chi connectivity index (χ0) is 19.9. The highest BCUT2D eigenvalue weighted by Crippen LogP contribution is 2.09. The van der Waals surface area contributed by atoms with Gasteiger partial charge in [-0.25, -0.2) is 14.0 Å². The first-order valence-corrected chi connectivity index (χ1v) is 7.95. The molecule has 0 spiro atoms. The maximum absolute atomic E-state index is 12.9. The van der Waals surface area contributed by atoms with Crippen LogP contribution in [-0.2, 0) is 14.3 Å². The molecule has 1 aromatic rings. The van der Waals surface area contributed by atoms with Gasteiger partial charge in [-0.15, -0.1) is 0 Å². The number of ether oxygens (including phenoxy) is 1. The molecule has 8 nitrogen and oxygen atoms in total. The summed E-state index contributed by atoms with van der Waals surface area (Å²) < 4.78 is 18.0. The fraction of sp³-hybridized carbons (Fsp3) is 0.412. The van der Waals surface area contributed by atoms with Gasteiger partial charge in [-0.2, -0.15) is 0 Å². The Kier molecular flexibility index (Phi) is 7.70. The number of imide groups is 1. The lowest BCUT2D eigenvalue weighted by molar-refractivity contribution is -0.157. The molecule has 0 aliphatic rings. The minimum absolute atomic E-state index is 0.176. The molecule has 4 amide bonds. The minimum Gasteiger partial charge on any atom is -0.451 e. The van der Waals surface area contributed by atoms with Crippen molar-refractivity contribution >= 4 is 23.8 Å². The van der Waals surface area contributed by atoms with E-state index in [2.05, 4.69) is 10.6 Å². The summed E-state index contributed by atoms with van der Waals surface area (Å²) in [6.07, 6.45) is -1.23. The van der Waals surface area contributed by atoms with Crippen LogP contribution in [0.2, 0.25) is 0 Å². The Morgan fingerprint density at radius 1 is 1.04 bits per heavy atom. The second kappa shape index (κ2) is 9.50. The van der Waals surface area contributed by atoms with E-state index in [1.807, 2.05) is 5.32 Å². The Morgan fingerprint density at radius 2 is 1.62 bits per heavy atom. The molecule has 0 saturated carbocycles. The molecule has 3 N–H and O–H groups in total. The average molecular weight is 367 g/mol. The van der Waals surface area contributed by atoms with Crippen LogP contribution in [0, 0.1) is 11.7 Å². The zero-order valence-electron chi connectivity index (χ0n) is 15.0. The molecule has 26 heavy (non-hydrogen) atoms. The number of hydrogen-bond donors (Lipinski definition) is 3. The van der Waals surface area contributed by atoms with Crippen LogP contribution in [0.5, 0.6) is 0 Å². The SMILES string of the molecule is CNC(=O)NC(=O)[C@@H](C)OC(=O)[C@@H](NC(=O)c1ccc(F)cc1)C(C)C. The lowest BCUT2D eigenvalue weighted by atomic mass is 10.0. The standard InChI is InChI=1S/C17H22FN3O5/c1-9(2)13(20-15(23)11-5-7-12(18)8-6-11)16(24)26-10(3)14(22)21-17(25)19-4/h5-10,13H,1-4H3,(H,20,23)(H2,19,21,22,25)/t10-,13+/m1/s1. The van der Waals surface area contributed by atoms with Crippen LogP contribution in [0.15, 0.2) is 24.3 Å². The molecular weight excluding hydrogens is 345 g/mol. The summed E-state index contributed by atoms with van der Waals surface area (Å²) in [7, 11) is 1.33. The fourth-order valence-electron chi connectivity index (χ4n) is 1.90. The van der Waals surface area contributed by atoms with Gasteiger partial charge in [0.2, 0.25) is 0 Å². The van der Waals surface area contributed by atoms with Crippen molar-refractivity contribution in [1.29, 1.82) is 0 Å². The molecule has 1 aromatic carbocycles. The quantitative estimate of drug-likeness (QED) is 0.648. The lowest BCUT2D eigenvalue weighted by Gasteiger charge is -2.22. The molecule has 9 heteroatoms. The molecule has 142 valence electrons. The molecule has 0 radical (unpaired) electrons. The summed E-state index contributed by atoms with van der Waals surface area (Å²) in [6.45, 7) is 4.67. The molecule has 2 atom stereocenters. The number of halogens is 1. The van der Waals surface area contributed by atoms with Crippen molar-refractivity contribution < 1.29 is 28.3 Å². The molecular formula is C17H22FN3O5. The van der Waals surface area contributed by atoms with Crippen LogP contribution in [-0.4, -0.2) is 43.0 Å². The first-order valence-electron chi connectivity index (χ1n) is 7.95. The fourth-order valence-corrected chi connectivity index (χ4v) is 1.90. The molecule has 1 rings (SSSR count). The maximum atomic E-state index is 12.9. The summed E-state index contributed by atoms with van der Waals surface area (Å²) in [5.41, 5.74) is 0.176. The number of esters is 1. The summed E-state index contributed by atoms with van der Waals surface area (Å²) in [5.74, 6) is -3.03. The molecule has 0 aliphatic carbocycles. The Balaban J connectivity index is 2.74. The molecule has 0 saturated heterocycles. The van der Waals surface area contributed by atoms with Gasteiger partial charge in [0.05, 0.1) is 0 Å². The van der Waals surface area contributed by atoms with Gasteiger partial charge in [0.15, 0.2) is 6.10 Å². The Bertz CT molecular complexity index is 675. The van der Waals surface area contributed by atoms with E-state index in [4.69, 9.17) is 4.74 Å². The van der Waals surface area contributed by atoms with Crippen LogP contribution in [0.1, 0.15) is 31.1 Å². The van der Waals surface area contributed by atoms with Crippen molar-refractivity contribution in [3.8, 4) is 0 Å².